The van der Waals surface area contributed by atoms with Gasteiger partial charge in [-0.1, -0.05) is 34.5 Å². The van der Waals surface area contributed by atoms with Crippen LogP contribution in [0.3, 0.4) is 0 Å². The number of carbonyl (C=O) groups is 1. The monoisotopic (exact) mass is 422 g/mol. The van der Waals surface area contributed by atoms with Gasteiger partial charge in [0.15, 0.2) is 0 Å². The third-order valence-electron chi connectivity index (χ3n) is 4.22. The summed E-state index contributed by atoms with van der Waals surface area (Å²) in [5, 5.41) is 20.9. The van der Waals surface area contributed by atoms with E-state index in [1.54, 1.807) is 16.8 Å². The molecule has 0 aliphatic rings. The molecule has 0 aliphatic carbocycles. The number of nitrogens with zero attached hydrogens (tertiary/aromatic N) is 3. The molecule has 1 amide bonds. The van der Waals surface area contributed by atoms with Gasteiger partial charge in [0.05, 0.1) is 41.0 Å². The molecule has 2 N–H and O–H groups in total. The Morgan fingerprint density at radius 2 is 2.00 bits per heavy atom. The van der Waals surface area contributed by atoms with Gasteiger partial charge < -0.3 is 10.4 Å². The summed E-state index contributed by atoms with van der Waals surface area (Å²) in [5.41, 5.74) is 2.69. The Bertz CT molecular complexity index is 1020. The average Bonchev–Trinajstić information content (AvgIpc) is 2.99. The summed E-state index contributed by atoms with van der Waals surface area (Å²) >= 11 is 12.0. The lowest BCUT2D eigenvalue weighted by Crippen LogP contribution is -2.16. The number of aromatic nitrogens is 3. The number of benzene rings is 2. The molecule has 0 saturated carbocycles. The predicted molar refractivity (Wildman–Crippen MR) is 105 cm³/mol. The Morgan fingerprint density at radius 1 is 1.21 bits per heavy atom. The molecule has 0 bridgehead atoms. The molecule has 28 heavy (non-hydrogen) atoms. The van der Waals surface area contributed by atoms with Crippen molar-refractivity contribution < 1.29 is 14.3 Å². The molecule has 0 radical (unpaired) electrons. The van der Waals surface area contributed by atoms with Crippen LogP contribution >= 0.6 is 23.2 Å². The van der Waals surface area contributed by atoms with Gasteiger partial charge in [-0.2, -0.15) is 0 Å². The van der Waals surface area contributed by atoms with E-state index in [1.807, 2.05) is 13.0 Å². The first kappa shape index (κ1) is 20.3. The van der Waals surface area contributed by atoms with E-state index in [-0.39, 0.29) is 17.9 Å². The van der Waals surface area contributed by atoms with Crippen LogP contribution < -0.4 is 5.32 Å². The minimum Gasteiger partial charge on any atom is -0.392 e. The third-order valence-corrected chi connectivity index (χ3v) is 4.96. The first-order chi connectivity index (χ1) is 13.4. The summed E-state index contributed by atoms with van der Waals surface area (Å²) in [5.74, 6) is -0.846. The summed E-state index contributed by atoms with van der Waals surface area (Å²) in [6.45, 7) is 1.81. The minimum absolute atomic E-state index is 0.0129. The van der Waals surface area contributed by atoms with E-state index in [2.05, 4.69) is 15.6 Å². The summed E-state index contributed by atoms with van der Waals surface area (Å²) in [6.07, 6.45) is 0.0129. The van der Waals surface area contributed by atoms with Crippen molar-refractivity contribution in [3.05, 3.63) is 74.8 Å². The van der Waals surface area contributed by atoms with E-state index in [1.165, 1.54) is 18.2 Å². The lowest BCUT2D eigenvalue weighted by atomic mass is 10.2. The lowest BCUT2D eigenvalue weighted by molar-refractivity contribution is -0.115. The quantitative estimate of drug-likeness (QED) is 0.633. The fraction of sp³-hybridized carbons (Fsp3) is 0.211. The zero-order valence-corrected chi connectivity index (χ0v) is 16.4. The number of aliphatic hydroxyl groups excluding tert-OH is 1. The van der Waals surface area contributed by atoms with Crippen molar-refractivity contribution in [2.45, 2.75) is 26.5 Å². The number of rotatable bonds is 6. The standard InChI is InChI=1S/C19H17Cl2FN4O2/c1-11-18(8-19(28)23-14-3-5-17(22)13(7-14)10-27)24-25-26(11)9-12-2-4-15(20)16(21)6-12/h2-7,27H,8-10H2,1H3,(H,23,28). The van der Waals surface area contributed by atoms with Gasteiger partial charge in [0.1, 0.15) is 5.82 Å². The Morgan fingerprint density at radius 3 is 2.71 bits per heavy atom. The van der Waals surface area contributed by atoms with Crippen molar-refractivity contribution in [3.63, 3.8) is 0 Å². The normalized spacial score (nSPS) is 10.9. The Labute approximate surface area is 170 Å². The van der Waals surface area contributed by atoms with Gasteiger partial charge >= 0.3 is 0 Å². The highest BCUT2D eigenvalue weighted by molar-refractivity contribution is 6.42. The molecule has 1 aromatic heterocycles. The zero-order valence-electron chi connectivity index (χ0n) is 14.9. The van der Waals surface area contributed by atoms with Crippen LogP contribution in [-0.4, -0.2) is 26.0 Å². The van der Waals surface area contributed by atoms with E-state index in [0.717, 1.165) is 11.3 Å². The van der Waals surface area contributed by atoms with Crippen LogP contribution in [-0.2, 0) is 24.4 Å². The molecule has 3 aromatic rings. The van der Waals surface area contributed by atoms with E-state index < -0.39 is 12.4 Å². The van der Waals surface area contributed by atoms with Gasteiger partial charge in [-0.25, -0.2) is 9.07 Å². The smallest absolute Gasteiger partial charge is 0.230 e. The van der Waals surface area contributed by atoms with Crippen molar-refractivity contribution in [2.24, 2.45) is 0 Å². The van der Waals surface area contributed by atoms with Crippen molar-refractivity contribution in [1.29, 1.82) is 0 Å². The molecule has 1 heterocycles. The van der Waals surface area contributed by atoms with E-state index in [9.17, 15) is 9.18 Å². The molecule has 0 aliphatic heterocycles. The molecule has 6 nitrogen and oxygen atoms in total. The van der Waals surface area contributed by atoms with Crippen LogP contribution in [0, 0.1) is 12.7 Å². The fourth-order valence-corrected chi connectivity index (χ4v) is 2.97. The fourth-order valence-electron chi connectivity index (χ4n) is 2.65. The molecule has 3 rings (SSSR count). The number of hydrogen-bond donors (Lipinski definition) is 2. The maximum atomic E-state index is 13.4. The number of halogens is 3. The molecule has 0 atom stereocenters. The van der Waals surface area contributed by atoms with Crippen LogP contribution in [0.15, 0.2) is 36.4 Å². The topological polar surface area (TPSA) is 80.0 Å². The lowest BCUT2D eigenvalue weighted by Gasteiger charge is -2.07. The Hall–Kier alpha value is -2.48. The Kier molecular flexibility index (Phi) is 6.28. The number of carbonyl (C=O) groups excluding carboxylic acids is 1. The zero-order chi connectivity index (χ0) is 20.3. The van der Waals surface area contributed by atoms with Gasteiger partial charge in [0.2, 0.25) is 5.91 Å². The SMILES string of the molecule is Cc1c(CC(=O)Nc2ccc(F)c(CO)c2)nnn1Cc1ccc(Cl)c(Cl)c1. The average molecular weight is 423 g/mol. The summed E-state index contributed by atoms with van der Waals surface area (Å²) in [4.78, 5) is 12.3. The second-order valence-electron chi connectivity index (χ2n) is 6.22. The highest BCUT2D eigenvalue weighted by Gasteiger charge is 2.14. The first-order valence-electron chi connectivity index (χ1n) is 8.39. The minimum atomic E-state index is -0.526. The third kappa shape index (κ3) is 4.67. The predicted octanol–water partition coefficient (Wildman–Crippen LogP) is 3.75. The van der Waals surface area contributed by atoms with Crippen molar-refractivity contribution in [3.8, 4) is 0 Å². The van der Waals surface area contributed by atoms with Crippen molar-refractivity contribution in [2.75, 3.05) is 5.32 Å². The molecule has 0 saturated heterocycles. The van der Waals surface area contributed by atoms with Crippen LogP contribution in [0.2, 0.25) is 10.0 Å². The van der Waals surface area contributed by atoms with E-state index >= 15 is 0 Å². The summed E-state index contributed by atoms with van der Waals surface area (Å²) in [6, 6.07) is 9.32. The molecule has 0 unspecified atom stereocenters. The van der Waals surface area contributed by atoms with Gasteiger partial charge in [0.25, 0.3) is 0 Å². The van der Waals surface area contributed by atoms with Gasteiger partial charge in [0, 0.05) is 11.3 Å². The van der Waals surface area contributed by atoms with Crippen molar-refractivity contribution in [1.82, 2.24) is 15.0 Å². The summed E-state index contributed by atoms with van der Waals surface area (Å²) in [7, 11) is 0. The number of aliphatic hydroxyl groups is 1. The molecule has 9 heteroatoms. The molecule has 146 valence electrons. The van der Waals surface area contributed by atoms with Crippen LogP contribution in [0.5, 0.6) is 0 Å². The number of nitrogens with one attached hydrogen (secondary N) is 1. The first-order valence-corrected chi connectivity index (χ1v) is 9.15. The highest BCUT2D eigenvalue weighted by atomic mass is 35.5. The van der Waals surface area contributed by atoms with Crippen LogP contribution in [0.4, 0.5) is 10.1 Å². The van der Waals surface area contributed by atoms with Gasteiger partial charge in [-0.3, -0.25) is 4.79 Å². The highest BCUT2D eigenvalue weighted by Crippen LogP contribution is 2.23. The van der Waals surface area contributed by atoms with E-state index in [4.69, 9.17) is 28.3 Å². The number of anilines is 1. The maximum absolute atomic E-state index is 13.4. The second-order valence-corrected chi connectivity index (χ2v) is 7.03. The maximum Gasteiger partial charge on any atom is 0.230 e. The van der Waals surface area contributed by atoms with Crippen LogP contribution in [0.1, 0.15) is 22.5 Å². The van der Waals surface area contributed by atoms with Crippen LogP contribution in [0.25, 0.3) is 0 Å². The number of amides is 1. The Balaban J connectivity index is 1.68. The molecular formula is C19H17Cl2FN4O2. The van der Waals surface area contributed by atoms with Crippen molar-refractivity contribution >= 4 is 34.8 Å². The second kappa shape index (κ2) is 8.68. The molecule has 0 fully saturated rings. The van der Waals surface area contributed by atoms with E-state index in [0.29, 0.717) is 28.0 Å². The van der Waals surface area contributed by atoms with Gasteiger partial charge in [-0.15, -0.1) is 5.10 Å². The molecule has 0 spiro atoms. The number of hydrogen-bond acceptors (Lipinski definition) is 4. The summed E-state index contributed by atoms with van der Waals surface area (Å²) < 4.78 is 15.1. The van der Waals surface area contributed by atoms with Gasteiger partial charge in [-0.05, 0) is 42.8 Å². The largest absolute Gasteiger partial charge is 0.392 e. The molecule has 2 aromatic carbocycles. The molecular weight excluding hydrogens is 406 g/mol.